The van der Waals surface area contributed by atoms with Gasteiger partial charge in [0.2, 0.25) is 5.16 Å². The first-order chi connectivity index (χ1) is 14.7. The van der Waals surface area contributed by atoms with Gasteiger partial charge in [-0.15, -0.1) is 6.58 Å². The summed E-state index contributed by atoms with van der Waals surface area (Å²) in [6.07, 6.45) is 2.76. The molecule has 0 N–H and O–H groups in total. The molecule has 3 nitrogen and oxygen atoms in total. The Morgan fingerprint density at radius 3 is 1.40 bits per heavy atom. The second kappa shape index (κ2) is 7.76. The maximum Gasteiger partial charge on any atom is 0.432 e. The van der Waals surface area contributed by atoms with Gasteiger partial charge in [-0.1, -0.05) is 97.1 Å². The molecule has 3 heterocycles. The summed E-state index contributed by atoms with van der Waals surface area (Å²) < 4.78 is 20.0. The molecule has 6 rings (SSSR count). The Labute approximate surface area is 178 Å². The lowest BCUT2D eigenvalue weighted by Crippen LogP contribution is -2.51. The number of allylic oxidation sites excluding steroid dienone is 1. The van der Waals surface area contributed by atoms with E-state index in [0.29, 0.717) is 19.8 Å². The van der Waals surface area contributed by atoms with Gasteiger partial charge in [0.1, 0.15) is 19.8 Å². The Bertz CT molecular complexity index is 883. The summed E-state index contributed by atoms with van der Waals surface area (Å²) in [5.41, 5.74) is 3.22. The average molecular weight is 417 g/mol. The summed E-state index contributed by atoms with van der Waals surface area (Å²) in [7, 11) is -2.81. The molecule has 3 saturated heterocycles. The molecular formula is C26H26O3P+. The van der Waals surface area contributed by atoms with Crippen molar-refractivity contribution in [3.63, 3.8) is 0 Å². The van der Waals surface area contributed by atoms with Crippen LogP contribution in [0.4, 0.5) is 0 Å². The Kier molecular flexibility index (Phi) is 5.08. The van der Waals surface area contributed by atoms with E-state index in [4.69, 9.17) is 13.6 Å². The zero-order valence-corrected chi connectivity index (χ0v) is 17.8. The molecule has 0 amide bonds. The Morgan fingerprint density at radius 2 is 1.07 bits per heavy atom. The van der Waals surface area contributed by atoms with E-state index in [2.05, 4.69) is 79.4 Å². The van der Waals surface area contributed by atoms with E-state index in [9.17, 15) is 0 Å². The van der Waals surface area contributed by atoms with Crippen LogP contribution in [0.3, 0.4) is 0 Å². The average Bonchev–Trinajstić information content (AvgIpc) is 2.83. The Hall–Kier alpha value is -2.29. The van der Waals surface area contributed by atoms with Gasteiger partial charge in [0, 0.05) is 16.7 Å². The first-order valence-electron chi connectivity index (χ1n) is 10.4. The second-order valence-corrected chi connectivity index (χ2v) is 10.6. The summed E-state index contributed by atoms with van der Waals surface area (Å²) in [6, 6.07) is 31.5. The SMILES string of the molecule is C=CCC12CO[P+](C(c3ccccc3)(c3ccccc3)c3ccccc3)(OC1)OC2. The third-order valence-corrected chi connectivity index (χ3v) is 9.19. The molecule has 3 aromatic rings. The molecule has 2 bridgehead atoms. The van der Waals surface area contributed by atoms with Gasteiger partial charge in [-0.05, 0) is 6.42 Å². The van der Waals surface area contributed by atoms with Crippen LogP contribution in [0.1, 0.15) is 23.1 Å². The molecule has 30 heavy (non-hydrogen) atoms. The van der Waals surface area contributed by atoms with Crippen molar-refractivity contribution < 1.29 is 13.6 Å². The Balaban J connectivity index is 1.77. The van der Waals surface area contributed by atoms with Crippen LogP contribution in [0.15, 0.2) is 104 Å². The van der Waals surface area contributed by atoms with Crippen molar-refractivity contribution in [2.75, 3.05) is 19.8 Å². The van der Waals surface area contributed by atoms with Gasteiger partial charge in [-0.25, -0.2) is 0 Å². The zero-order valence-electron chi connectivity index (χ0n) is 16.9. The number of rotatable bonds is 6. The van der Waals surface area contributed by atoms with Crippen LogP contribution in [0, 0.1) is 5.41 Å². The molecule has 3 aliphatic heterocycles. The molecule has 0 atom stereocenters. The predicted octanol–water partition coefficient (Wildman–Crippen LogP) is 6.38. The van der Waals surface area contributed by atoms with E-state index in [1.807, 2.05) is 24.3 Å². The molecular weight excluding hydrogens is 391 g/mol. The van der Waals surface area contributed by atoms with E-state index in [0.717, 1.165) is 23.1 Å². The molecule has 0 aromatic heterocycles. The predicted molar refractivity (Wildman–Crippen MR) is 121 cm³/mol. The standard InChI is InChI=1S/C26H26O3P/c1-2-18-25-19-27-30(28-20-25,29-21-25)26(22-12-6-3-7-13-22,23-14-8-4-9-15-23)24-16-10-5-11-17-24/h2-17H,1,18-21H2/q+1. The van der Waals surface area contributed by atoms with E-state index >= 15 is 0 Å². The van der Waals surface area contributed by atoms with Crippen LogP contribution in [0.25, 0.3) is 0 Å². The fourth-order valence-electron chi connectivity index (χ4n) is 4.69. The van der Waals surface area contributed by atoms with Gasteiger partial charge < -0.3 is 0 Å². The van der Waals surface area contributed by atoms with Gasteiger partial charge in [0.15, 0.2) is 0 Å². The fraction of sp³-hybridized carbons (Fsp3) is 0.231. The largest absolute Gasteiger partial charge is 0.432 e. The fourth-order valence-corrected chi connectivity index (χ4v) is 8.22. The molecule has 0 spiro atoms. The number of hydrogen-bond acceptors (Lipinski definition) is 3. The van der Waals surface area contributed by atoms with Crippen LogP contribution >= 0.6 is 7.94 Å². The molecule has 152 valence electrons. The summed E-state index contributed by atoms with van der Waals surface area (Å²) in [6.45, 7) is 5.79. The summed E-state index contributed by atoms with van der Waals surface area (Å²) in [5, 5.41) is -0.669. The first-order valence-corrected chi connectivity index (χ1v) is 11.9. The lowest BCUT2D eigenvalue weighted by atomic mass is 9.84. The summed E-state index contributed by atoms with van der Waals surface area (Å²) in [4.78, 5) is 0. The maximum absolute atomic E-state index is 6.67. The number of hydrogen-bond donors (Lipinski definition) is 0. The third kappa shape index (κ3) is 2.89. The number of fused-ring (bicyclic) bond motifs is 3. The van der Waals surface area contributed by atoms with E-state index in [-0.39, 0.29) is 5.41 Å². The van der Waals surface area contributed by atoms with Crippen molar-refractivity contribution in [2.45, 2.75) is 11.6 Å². The van der Waals surface area contributed by atoms with Crippen LogP contribution in [-0.4, -0.2) is 19.8 Å². The highest BCUT2D eigenvalue weighted by atomic mass is 31.2. The summed E-state index contributed by atoms with van der Waals surface area (Å²) >= 11 is 0. The van der Waals surface area contributed by atoms with Crippen LogP contribution in [0.2, 0.25) is 0 Å². The molecule has 0 saturated carbocycles. The summed E-state index contributed by atoms with van der Waals surface area (Å²) in [5.74, 6) is 0. The van der Waals surface area contributed by atoms with Crippen molar-refractivity contribution in [3.05, 3.63) is 120 Å². The molecule has 4 heteroatoms. The first kappa shape index (κ1) is 19.7. The molecule has 3 fully saturated rings. The smallest absolute Gasteiger partial charge is 0.176 e. The van der Waals surface area contributed by atoms with Gasteiger partial charge in [-0.2, -0.15) is 13.6 Å². The van der Waals surface area contributed by atoms with E-state index in [1.165, 1.54) is 0 Å². The Morgan fingerprint density at radius 1 is 0.700 bits per heavy atom. The van der Waals surface area contributed by atoms with E-state index < -0.39 is 13.1 Å². The minimum atomic E-state index is -2.81. The van der Waals surface area contributed by atoms with Crippen molar-refractivity contribution in [1.29, 1.82) is 0 Å². The highest BCUT2D eigenvalue weighted by Crippen LogP contribution is 2.83. The topological polar surface area (TPSA) is 27.7 Å². The molecule has 3 aliphatic rings. The zero-order chi connectivity index (χ0) is 20.5. The molecule has 0 aliphatic carbocycles. The van der Waals surface area contributed by atoms with Crippen LogP contribution in [-0.2, 0) is 18.7 Å². The lowest BCUT2D eigenvalue weighted by Gasteiger charge is -2.50. The van der Waals surface area contributed by atoms with Crippen molar-refractivity contribution in [3.8, 4) is 0 Å². The molecule has 0 radical (unpaired) electrons. The monoisotopic (exact) mass is 417 g/mol. The van der Waals surface area contributed by atoms with Crippen molar-refractivity contribution in [1.82, 2.24) is 0 Å². The third-order valence-electron chi connectivity index (χ3n) is 6.18. The van der Waals surface area contributed by atoms with Gasteiger partial charge in [0.25, 0.3) is 0 Å². The normalized spacial score (nSPS) is 25.7. The van der Waals surface area contributed by atoms with Crippen LogP contribution < -0.4 is 0 Å². The van der Waals surface area contributed by atoms with Crippen LogP contribution in [0.5, 0.6) is 0 Å². The quantitative estimate of drug-likeness (QED) is 0.265. The van der Waals surface area contributed by atoms with Gasteiger partial charge in [-0.3, -0.25) is 0 Å². The van der Waals surface area contributed by atoms with E-state index in [1.54, 1.807) is 0 Å². The highest BCUT2D eigenvalue weighted by molar-refractivity contribution is 7.63. The minimum Gasteiger partial charge on any atom is -0.176 e. The van der Waals surface area contributed by atoms with Gasteiger partial charge in [0.05, 0.1) is 5.41 Å². The minimum absolute atomic E-state index is 0.140. The van der Waals surface area contributed by atoms with Crippen molar-refractivity contribution in [2.24, 2.45) is 5.41 Å². The number of benzene rings is 3. The van der Waals surface area contributed by atoms with Gasteiger partial charge >= 0.3 is 7.94 Å². The highest BCUT2D eigenvalue weighted by Gasteiger charge is 2.74. The lowest BCUT2D eigenvalue weighted by molar-refractivity contribution is -0.0898. The van der Waals surface area contributed by atoms with Crippen molar-refractivity contribution >= 4 is 7.94 Å². The molecule has 0 unspecified atom stereocenters. The molecule has 3 aromatic carbocycles. The maximum atomic E-state index is 6.67. The second-order valence-electron chi connectivity index (χ2n) is 8.12.